The summed E-state index contributed by atoms with van der Waals surface area (Å²) in [5.41, 5.74) is 3.06. The zero-order valence-electron chi connectivity index (χ0n) is 23.6. The standard InChI is InChI=1S/C29H37N5O6S/c1-19-16-25-30-18-23(20(2)34(25)33-19)26(35)31-22-10-8-21(9-11-22)17-24(27(36)37)32-28(38)29(12-4-5-13-29)14-6-7-15-41(3,39)40/h8-11,16,18,24H,4-7,12-15,17H2,1-3H3,(H,31,35)(H,32,38)(H,36,37)/t24-/m0/s1. The molecular formula is C29H37N5O6S. The Morgan fingerprint density at radius 3 is 2.41 bits per heavy atom. The molecule has 1 atom stereocenters. The maximum atomic E-state index is 13.3. The van der Waals surface area contributed by atoms with Crippen molar-refractivity contribution in [2.45, 2.75) is 71.3 Å². The number of hydrogen-bond donors (Lipinski definition) is 3. The first-order chi connectivity index (χ1) is 19.4. The van der Waals surface area contributed by atoms with Crippen molar-refractivity contribution in [1.82, 2.24) is 19.9 Å². The van der Waals surface area contributed by atoms with Crippen LogP contribution >= 0.6 is 0 Å². The number of hydrogen-bond acceptors (Lipinski definition) is 7. The molecular weight excluding hydrogens is 546 g/mol. The van der Waals surface area contributed by atoms with Gasteiger partial charge in [0.25, 0.3) is 5.91 Å². The van der Waals surface area contributed by atoms with Crippen molar-refractivity contribution >= 4 is 39.0 Å². The topological polar surface area (TPSA) is 160 Å². The van der Waals surface area contributed by atoms with Gasteiger partial charge in [0.15, 0.2) is 5.65 Å². The molecule has 220 valence electrons. The molecule has 1 aliphatic rings. The number of unbranched alkanes of at least 4 members (excludes halogenated alkanes) is 1. The molecule has 12 heteroatoms. The minimum absolute atomic E-state index is 0.0780. The van der Waals surface area contributed by atoms with Gasteiger partial charge in [-0.15, -0.1) is 0 Å². The van der Waals surface area contributed by atoms with Crippen LogP contribution in [0.4, 0.5) is 5.69 Å². The Labute approximate surface area is 239 Å². The molecule has 4 rings (SSSR count). The van der Waals surface area contributed by atoms with Crippen molar-refractivity contribution in [3.8, 4) is 0 Å². The Hall–Kier alpha value is -3.80. The van der Waals surface area contributed by atoms with Gasteiger partial charge in [0.05, 0.1) is 17.0 Å². The maximum Gasteiger partial charge on any atom is 0.326 e. The molecule has 3 aromatic rings. The number of rotatable bonds is 12. The quantitative estimate of drug-likeness (QED) is 0.273. The van der Waals surface area contributed by atoms with Crippen molar-refractivity contribution < 1.29 is 27.9 Å². The van der Waals surface area contributed by atoms with E-state index in [4.69, 9.17) is 0 Å². The zero-order valence-corrected chi connectivity index (χ0v) is 24.5. The van der Waals surface area contributed by atoms with Gasteiger partial charge in [0.2, 0.25) is 5.91 Å². The van der Waals surface area contributed by atoms with Crippen LogP contribution in [-0.4, -0.2) is 64.0 Å². The van der Waals surface area contributed by atoms with E-state index in [0.717, 1.165) is 18.5 Å². The normalized spacial score (nSPS) is 15.5. The monoisotopic (exact) mass is 583 g/mol. The lowest BCUT2D eigenvalue weighted by molar-refractivity contribution is -0.144. The molecule has 0 spiro atoms. The third-order valence-corrected chi connectivity index (χ3v) is 8.84. The predicted octanol–water partition coefficient (Wildman–Crippen LogP) is 3.49. The number of fused-ring (bicyclic) bond motifs is 1. The van der Waals surface area contributed by atoms with E-state index in [2.05, 4.69) is 20.7 Å². The molecule has 2 amide bonds. The molecule has 2 aromatic heterocycles. The molecule has 0 unspecified atom stereocenters. The predicted molar refractivity (Wildman–Crippen MR) is 155 cm³/mol. The fourth-order valence-corrected chi connectivity index (χ4v) is 6.25. The third kappa shape index (κ3) is 7.49. The summed E-state index contributed by atoms with van der Waals surface area (Å²) in [5.74, 6) is -1.67. The van der Waals surface area contributed by atoms with Gasteiger partial charge in [-0.05, 0) is 57.2 Å². The number of aryl methyl sites for hydroxylation is 2. The largest absolute Gasteiger partial charge is 0.480 e. The number of anilines is 1. The van der Waals surface area contributed by atoms with Gasteiger partial charge in [-0.2, -0.15) is 5.10 Å². The Bertz CT molecular complexity index is 1540. The fourth-order valence-electron chi connectivity index (χ4n) is 5.53. The van der Waals surface area contributed by atoms with Crippen LogP contribution in [-0.2, 0) is 25.8 Å². The van der Waals surface area contributed by atoms with Crippen LogP contribution in [0.5, 0.6) is 0 Å². The zero-order chi connectivity index (χ0) is 29.8. The van der Waals surface area contributed by atoms with E-state index in [1.807, 2.05) is 13.0 Å². The fraction of sp³-hybridized carbons (Fsp3) is 0.483. The Kier molecular flexibility index (Phi) is 9.11. The van der Waals surface area contributed by atoms with Crippen molar-refractivity contribution in [2.75, 3.05) is 17.3 Å². The van der Waals surface area contributed by atoms with Crippen LogP contribution in [0.1, 0.15) is 72.3 Å². The summed E-state index contributed by atoms with van der Waals surface area (Å²) in [7, 11) is -3.07. The second-order valence-electron chi connectivity index (χ2n) is 11.1. The number of aliphatic carboxylic acids is 1. The van der Waals surface area contributed by atoms with Gasteiger partial charge in [-0.1, -0.05) is 31.4 Å². The van der Waals surface area contributed by atoms with E-state index in [0.29, 0.717) is 60.3 Å². The lowest BCUT2D eigenvalue weighted by Crippen LogP contribution is -2.48. The summed E-state index contributed by atoms with van der Waals surface area (Å²) in [4.78, 5) is 42.6. The maximum absolute atomic E-state index is 13.3. The minimum atomic E-state index is -3.07. The van der Waals surface area contributed by atoms with Crippen LogP contribution in [0.25, 0.3) is 5.65 Å². The summed E-state index contributed by atoms with van der Waals surface area (Å²) in [5, 5.41) is 19.8. The average Bonchev–Trinajstić information content (AvgIpc) is 3.54. The van der Waals surface area contributed by atoms with Gasteiger partial charge in [0, 0.05) is 41.8 Å². The van der Waals surface area contributed by atoms with E-state index in [1.165, 1.54) is 12.5 Å². The highest BCUT2D eigenvalue weighted by molar-refractivity contribution is 7.90. The number of carboxylic acids is 1. The molecule has 3 N–H and O–H groups in total. The first kappa shape index (κ1) is 30.2. The van der Waals surface area contributed by atoms with Crippen LogP contribution in [0.2, 0.25) is 0 Å². The van der Waals surface area contributed by atoms with Crippen LogP contribution < -0.4 is 10.6 Å². The number of carbonyl (C=O) groups excluding carboxylic acids is 2. The lowest BCUT2D eigenvalue weighted by Gasteiger charge is -2.29. The minimum Gasteiger partial charge on any atom is -0.480 e. The van der Waals surface area contributed by atoms with E-state index in [1.54, 1.807) is 35.7 Å². The average molecular weight is 584 g/mol. The highest BCUT2D eigenvalue weighted by atomic mass is 32.2. The number of nitrogens with zero attached hydrogens (tertiary/aromatic N) is 3. The summed E-state index contributed by atoms with van der Waals surface area (Å²) in [6.45, 7) is 3.65. The SMILES string of the molecule is Cc1cc2ncc(C(=O)Nc3ccc(C[C@H](NC(=O)C4(CCCCS(C)(=O)=O)CCCC4)C(=O)O)cc3)c(C)n2n1. The van der Waals surface area contributed by atoms with Crippen molar-refractivity contribution in [3.63, 3.8) is 0 Å². The molecule has 0 radical (unpaired) electrons. The van der Waals surface area contributed by atoms with Crippen molar-refractivity contribution in [3.05, 3.63) is 59.0 Å². The first-order valence-electron chi connectivity index (χ1n) is 13.8. The number of carbonyl (C=O) groups is 3. The second-order valence-corrected chi connectivity index (χ2v) is 13.4. The van der Waals surface area contributed by atoms with Crippen molar-refractivity contribution in [1.29, 1.82) is 0 Å². The van der Waals surface area contributed by atoms with Crippen LogP contribution in [0, 0.1) is 19.3 Å². The molecule has 0 bridgehead atoms. The molecule has 1 fully saturated rings. The van der Waals surface area contributed by atoms with Gasteiger partial charge >= 0.3 is 5.97 Å². The van der Waals surface area contributed by atoms with Gasteiger partial charge < -0.3 is 15.7 Å². The Balaban J connectivity index is 1.38. The molecule has 0 aliphatic heterocycles. The molecule has 1 aromatic carbocycles. The van der Waals surface area contributed by atoms with Crippen molar-refractivity contribution in [2.24, 2.45) is 5.41 Å². The Morgan fingerprint density at radius 1 is 1.10 bits per heavy atom. The number of nitrogens with one attached hydrogen (secondary N) is 2. The highest BCUT2D eigenvalue weighted by Gasteiger charge is 2.41. The number of benzene rings is 1. The van der Waals surface area contributed by atoms with E-state index in [-0.39, 0.29) is 24.0 Å². The lowest BCUT2D eigenvalue weighted by atomic mass is 9.80. The number of aromatic nitrogens is 3. The van der Waals surface area contributed by atoms with E-state index in [9.17, 15) is 27.9 Å². The molecule has 41 heavy (non-hydrogen) atoms. The van der Waals surface area contributed by atoms with E-state index >= 15 is 0 Å². The molecule has 1 saturated carbocycles. The van der Waals surface area contributed by atoms with Crippen LogP contribution in [0.15, 0.2) is 36.5 Å². The smallest absolute Gasteiger partial charge is 0.326 e. The summed E-state index contributed by atoms with van der Waals surface area (Å²) >= 11 is 0. The number of carboxylic acid groups (broad SMARTS) is 1. The molecule has 1 aliphatic carbocycles. The number of amides is 2. The van der Waals surface area contributed by atoms with Crippen LogP contribution in [0.3, 0.4) is 0 Å². The molecule has 11 nitrogen and oxygen atoms in total. The Morgan fingerprint density at radius 2 is 1.78 bits per heavy atom. The summed E-state index contributed by atoms with van der Waals surface area (Å²) < 4.78 is 24.5. The highest BCUT2D eigenvalue weighted by Crippen LogP contribution is 2.42. The van der Waals surface area contributed by atoms with Gasteiger partial charge in [-0.25, -0.2) is 22.7 Å². The summed E-state index contributed by atoms with van der Waals surface area (Å²) in [6, 6.07) is 7.53. The molecule has 2 heterocycles. The van der Waals surface area contributed by atoms with E-state index < -0.39 is 27.3 Å². The van der Waals surface area contributed by atoms with Gasteiger partial charge in [-0.3, -0.25) is 9.59 Å². The molecule has 0 saturated heterocycles. The summed E-state index contributed by atoms with van der Waals surface area (Å²) in [6.07, 6.45) is 7.51. The third-order valence-electron chi connectivity index (χ3n) is 7.81. The second kappa shape index (κ2) is 12.4. The number of sulfone groups is 1. The first-order valence-corrected chi connectivity index (χ1v) is 15.9. The van der Waals surface area contributed by atoms with Gasteiger partial charge in [0.1, 0.15) is 15.9 Å².